The van der Waals surface area contributed by atoms with E-state index in [1.165, 1.54) is 0 Å². The number of hydrogen-bond donors (Lipinski definition) is 0. The lowest BCUT2D eigenvalue weighted by atomic mass is 10.00. The molecule has 3 aromatic rings. The minimum Gasteiger partial charge on any atom is -0.381 e. The number of hydrogen-bond acceptors (Lipinski definition) is 5. The third-order valence-corrected chi connectivity index (χ3v) is 6.46. The van der Waals surface area contributed by atoms with E-state index >= 15 is 0 Å². The number of fused-ring (bicyclic) bond motifs is 1. The van der Waals surface area contributed by atoms with Gasteiger partial charge in [0.25, 0.3) is 0 Å². The van der Waals surface area contributed by atoms with Gasteiger partial charge in [-0.1, -0.05) is 17.7 Å². The molecule has 1 aromatic carbocycles. The number of pyridine rings is 1. The molecular weight excluding hydrogens is 392 g/mol. The third kappa shape index (κ3) is 3.52. The fraction of sp³-hybridized carbons (Fsp3) is 0.333. The van der Waals surface area contributed by atoms with E-state index in [1.54, 1.807) is 18.0 Å². The van der Waals surface area contributed by atoms with Gasteiger partial charge in [-0.2, -0.15) is 0 Å². The average molecular weight is 413 g/mol. The number of rotatable bonds is 4. The summed E-state index contributed by atoms with van der Waals surface area (Å²) in [7, 11) is 0. The first-order chi connectivity index (χ1) is 13.8. The molecule has 28 heavy (non-hydrogen) atoms. The minimum atomic E-state index is 0.644. The third-order valence-electron chi connectivity index (χ3n) is 5.41. The summed E-state index contributed by atoms with van der Waals surface area (Å²) >= 11 is 8.27. The molecular formula is C21H21ClN4OS. The molecule has 144 valence electrons. The molecule has 0 radical (unpaired) electrons. The fourth-order valence-corrected chi connectivity index (χ4v) is 4.72. The van der Waals surface area contributed by atoms with E-state index in [1.807, 2.05) is 6.33 Å². The molecule has 2 aromatic heterocycles. The van der Waals surface area contributed by atoms with Gasteiger partial charge in [0, 0.05) is 37.7 Å². The van der Waals surface area contributed by atoms with E-state index in [-0.39, 0.29) is 0 Å². The highest BCUT2D eigenvalue weighted by atomic mass is 35.5. The number of benzene rings is 1. The number of nitrogens with zero attached hydrogens (tertiary/aromatic N) is 4. The molecule has 0 amide bonds. The Morgan fingerprint density at radius 1 is 1.18 bits per heavy atom. The van der Waals surface area contributed by atoms with Gasteiger partial charge < -0.3 is 14.2 Å². The Kier molecular flexibility index (Phi) is 5.01. The van der Waals surface area contributed by atoms with Crippen LogP contribution in [0.5, 0.6) is 0 Å². The summed E-state index contributed by atoms with van der Waals surface area (Å²) in [6.45, 7) is 2.71. The Morgan fingerprint density at radius 3 is 2.89 bits per heavy atom. The number of anilines is 1. The van der Waals surface area contributed by atoms with Crippen LogP contribution in [0.15, 0.2) is 48.4 Å². The van der Waals surface area contributed by atoms with Crippen LogP contribution in [0, 0.1) is 5.92 Å². The van der Waals surface area contributed by atoms with Gasteiger partial charge in [-0.05, 0) is 47.9 Å². The highest BCUT2D eigenvalue weighted by Crippen LogP contribution is 2.34. The zero-order valence-electron chi connectivity index (χ0n) is 15.4. The van der Waals surface area contributed by atoms with Gasteiger partial charge in [-0.25, -0.2) is 9.97 Å². The maximum Gasteiger partial charge on any atom is 0.133 e. The molecule has 0 aliphatic carbocycles. The van der Waals surface area contributed by atoms with E-state index in [0.29, 0.717) is 10.9 Å². The maximum absolute atomic E-state index is 6.52. The molecule has 5 nitrogen and oxygen atoms in total. The van der Waals surface area contributed by atoms with Crippen molar-refractivity contribution in [2.45, 2.75) is 19.4 Å². The van der Waals surface area contributed by atoms with Crippen LogP contribution in [0.3, 0.4) is 0 Å². The minimum absolute atomic E-state index is 0.644. The van der Waals surface area contributed by atoms with Crippen molar-refractivity contribution >= 4 is 40.2 Å². The highest BCUT2D eigenvalue weighted by molar-refractivity contribution is 8.02. The second kappa shape index (κ2) is 7.78. The summed E-state index contributed by atoms with van der Waals surface area (Å²) in [4.78, 5) is 11.2. The Balaban J connectivity index is 1.50. The standard InChI is InChI=1S/C21H21ClN4OS/c22-18-11-23-21(25-5-8-28-14-25)10-17(18)16-1-2-19-20(9-16)26(13-24-19)12-15-3-6-27-7-4-15/h1-2,5,8-11,13,15H,3-4,6-7,12,14H2. The lowest BCUT2D eigenvalue weighted by Crippen LogP contribution is -2.20. The largest absolute Gasteiger partial charge is 0.381 e. The summed E-state index contributed by atoms with van der Waals surface area (Å²) in [5, 5.41) is 2.74. The first kappa shape index (κ1) is 18.0. The topological polar surface area (TPSA) is 43.2 Å². The molecule has 1 saturated heterocycles. The zero-order chi connectivity index (χ0) is 18.9. The second-order valence-corrected chi connectivity index (χ2v) is 8.50. The first-order valence-electron chi connectivity index (χ1n) is 9.51. The summed E-state index contributed by atoms with van der Waals surface area (Å²) in [6.07, 6.45) is 7.97. The molecule has 7 heteroatoms. The molecule has 0 saturated carbocycles. The van der Waals surface area contributed by atoms with Crippen molar-refractivity contribution in [1.82, 2.24) is 14.5 Å². The molecule has 1 fully saturated rings. The van der Waals surface area contributed by atoms with Gasteiger partial charge in [-0.3, -0.25) is 0 Å². The monoisotopic (exact) mass is 412 g/mol. The van der Waals surface area contributed by atoms with Gasteiger partial charge in [0.15, 0.2) is 0 Å². The lowest BCUT2D eigenvalue weighted by Gasteiger charge is -2.22. The fourth-order valence-electron chi connectivity index (χ4n) is 3.81. The number of imidazole rings is 1. The molecule has 0 spiro atoms. The van der Waals surface area contributed by atoms with Crippen LogP contribution in [0.1, 0.15) is 12.8 Å². The van der Waals surface area contributed by atoms with E-state index in [2.05, 4.69) is 55.3 Å². The Hall–Kier alpha value is -2.02. The SMILES string of the molecule is Clc1cnc(N2C=CSC2)cc1-c1ccc2ncn(CC3CCOCC3)c2c1. The molecule has 0 unspecified atom stereocenters. The number of halogens is 1. The van der Waals surface area contributed by atoms with Gasteiger partial charge in [0.1, 0.15) is 5.82 Å². The number of aromatic nitrogens is 3. The van der Waals surface area contributed by atoms with Crippen LogP contribution in [0.4, 0.5) is 5.82 Å². The molecule has 0 N–H and O–H groups in total. The average Bonchev–Trinajstić information content (AvgIpc) is 3.40. The molecule has 2 aliphatic heterocycles. The van der Waals surface area contributed by atoms with Gasteiger partial charge >= 0.3 is 0 Å². The summed E-state index contributed by atoms with van der Waals surface area (Å²) in [5.41, 5.74) is 4.25. The summed E-state index contributed by atoms with van der Waals surface area (Å²) < 4.78 is 7.76. The van der Waals surface area contributed by atoms with Crippen LogP contribution in [0.2, 0.25) is 5.02 Å². The van der Waals surface area contributed by atoms with Crippen molar-refractivity contribution in [3.8, 4) is 11.1 Å². The van der Waals surface area contributed by atoms with Crippen molar-refractivity contribution < 1.29 is 4.74 Å². The van der Waals surface area contributed by atoms with Crippen LogP contribution in [0.25, 0.3) is 22.2 Å². The van der Waals surface area contributed by atoms with Crippen LogP contribution >= 0.6 is 23.4 Å². The maximum atomic E-state index is 6.52. The predicted octanol–water partition coefficient (Wildman–Crippen LogP) is 5.16. The lowest BCUT2D eigenvalue weighted by molar-refractivity contribution is 0.0616. The Bertz CT molecular complexity index is 1030. The van der Waals surface area contributed by atoms with Crippen LogP contribution in [-0.2, 0) is 11.3 Å². The van der Waals surface area contributed by atoms with Crippen molar-refractivity contribution in [2.24, 2.45) is 5.92 Å². The first-order valence-corrected chi connectivity index (χ1v) is 10.9. The quantitative estimate of drug-likeness (QED) is 0.592. The van der Waals surface area contributed by atoms with Crippen molar-refractivity contribution in [3.63, 3.8) is 0 Å². The summed E-state index contributed by atoms with van der Waals surface area (Å²) in [5.74, 6) is 2.44. The van der Waals surface area contributed by atoms with Crippen LogP contribution in [-0.4, -0.2) is 33.6 Å². The van der Waals surface area contributed by atoms with Gasteiger partial charge in [-0.15, -0.1) is 11.8 Å². The molecule has 5 rings (SSSR count). The van der Waals surface area contributed by atoms with E-state index in [9.17, 15) is 0 Å². The number of ether oxygens (including phenoxy) is 1. The van der Waals surface area contributed by atoms with Gasteiger partial charge in [0.2, 0.25) is 0 Å². The molecule has 4 heterocycles. The van der Waals surface area contributed by atoms with E-state index in [4.69, 9.17) is 16.3 Å². The Morgan fingerprint density at radius 2 is 2.07 bits per heavy atom. The number of thioether (sulfide) groups is 1. The molecule has 0 atom stereocenters. The summed E-state index contributed by atoms with van der Waals surface area (Å²) in [6, 6.07) is 8.43. The van der Waals surface area contributed by atoms with E-state index < -0.39 is 0 Å². The zero-order valence-corrected chi connectivity index (χ0v) is 17.0. The van der Waals surface area contributed by atoms with Crippen molar-refractivity contribution in [1.29, 1.82) is 0 Å². The molecule has 2 aliphatic rings. The van der Waals surface area contributed by atoms with E-state index in [0.717, 1.165) is 66.5 Å². The Labute approximate surface area is 173 Å². The second-order valence-electron chi connectivity index (χ2n) is 7.23. The van der Waals surface area contributed by atoms with Crippen molar-refractivity contribution in [2.75, 3.05) is 24.0 Å². The smallest absolute Gasteiger partial charge is 0.133 e. The normalized spacial score (nSPS) is 17.7. The van der Waals surface area contributed by atoms with Crippen LogP contribution < -0.4 is 4.90 Å². The highest BCUT2D eigenvalue weighted by Gasteiger charge is 2.17. The van der Waals surface area contributed by atoms with Crippen molar-refractivity contribution in [3.05, 3.63) is 53.4 Å². The predicted molar refractivity (Wildman–Crippen MR) is 116 cm³/mol. The molecule has 0 bridgehead atoms. The van der Waals surface area contributed by atoms with Gasteiger partial charge in [0.05, 0.1) is 28.3 Å².